The first kappa shape index (κ1) is 16.4. The second kappa shape index (κ2) is 9.39. The number of nitrogens with one attached hydrogen (secondary N) is 2. The Labute approximate surface area is 104 Å². The van der Waals surface area contributed by atoms with Gasteiger partial charge in [-0.2, -0.15) is 0 Å². The summed E-state index contributed by atoms with van der Waals surface area (Å²) >= 11 is 0. The van der Waals surface area contributed by atoms with Gasteiger partial charge in [0.1, 0.15) is 0 Å². The molecule has 0 radical (unpaired) electrons. The normalized spacial score (nSPS) is 11.5. The van der Waals surface area contributed by atoms with Crippen LogP contribution in [0, 0.1) is 0 Å². The number of rotatable bonds is 9. The third-order valence-electron chi connectivity index (χ3n) is 1.90. The van der Waals surface area contributed by atoms with Crippen LogP contribution in [-0.2, 0) is 14.3 Å². The van der Waals surface area contributed by atoms with Crippen molar-refractivity contribution in [2.75, 3.05) is 40.0 Å². The van der Waals surface area contributed by atoms with Crippen LogP contribution < -0.4 is 10.6 Å². The topological polar surface area (TPSA) is 59.6 Å². The van der Waals surface area contributed by atoms with Crippen molar-refractivity contribution in [3.63, 3.8) is 0 Å². The fraction of sp³-hybridized carbons (Fsp3) is 0.917. The molecule has 0 aliphatic rings. The summed E-state index contributed by atoms with van der Waals surface area (Å²) in [5, 5.41) is 6.06. The van der Waals surface area contributed by atoms with Crippen molar-refractivity contribution in [1.82, 2.24) is 10.6 Å². The van der Waals surface area contributed by atoms with Crippen LogP contribution in [-0.4, -0.2) is 51.5 Å². The first-order valence-corrected chi connectivity index (χ1v) is 6.04. The number of methoxy groups -OCH3 is 1. The summed E-state index contributed by atoms with van der Waals surface area (Å²) in [7, 11) is 1.65. The van der Waals surface area contributed by atoms with Crippen molar-refractivity contribution >= 4 is 5.91 Å². The predicted molar refractivity (Wildman–Crippen MR) is 68.1 cm³/mol. The molecule has 1 amide bonds. The van der Waals surface area contributed by atoms with E-state index in [1.807, 2.05) is 20.8 Å². The first-order valence-electron chi connectivity index (χ1n) is 6.04. The monoisotopic (exact) mass is 246 g/mol. The lowest BCUT2D eigenvalue weighted by molar-refractivity contribution is -0.122. The van der Waals surface area contributed by atoms with Crippen molar-refractivity contribution < 1.29 is 14.3 Å². The predicted octanol–water partition coefficient (Wildman–Crippen LogP) is 0.544. The molecule has 0 atom stereocenters. The second-order valence-corrected chi connectivity index (χ2v) is 4.90. The average molecular weight is 246 g/mol. The number of amides is 1. The largest absolute Gasteiger partial charge is 0.382 e. The molecule has 0 heterocycles. The zero-order valence-corrected chi connectivity index (χ0v) is 11.5. The van der Waals surface area contributed by atoms with E-state index >= 15 is 0 Å². The molecule has 0 saturated heterocycles. The Morgan fingerprint density at radius 1 is 1.12 bits per heavy atom. The molecule has 102 valence electrons. The van der Waals surface area contributed by atoms with Gasteiger partial charge >= 0.3 is 0 Å². The van der Waals surface area contributed by atoms with Gasteiger partial charge in [0, 0.05) is 32.2 Å². The maximum Gasteiger partial charge on any atom is 0.221 e. The smallest absolute Gasteiger partial charge is 0.221 e. The lowest BCUT2D eigenvalue weighted by atomic mass is 10.1. The molecule has 0 aromatic heterocycles. The van der Waals surface area contributed by atoms with E-state index in [0.717, 1.165) is 6.54 Å². The molecule has 5 nitrogen and oxygen atoms in total. The highest BCUT2D eigenvalue weighted by molar-refractivity contribution is 5.76. The molecule has 0 spiro atoms. The molecule has 0 aromatic rings. The lowest BCUT2D eigenvalue weighted by Gasteiger charge is -2.20. The molecule has 2 N–H and O–H groups in total. The Morgan fingerprint density at radius 3 is 2.41 bits per heavy atom. The number of hydrogen-bond acceptors (Lipinski definition) is 4. The Morgan fingerprint density at radius 2 is 1.82 bits per heavy atom. The average Bonchev–Trinajstić information content (AvgIpc) is 2.19. The summed E-state index contributed by atoms with van der Waals surface area (Å²) in [6, 6.07) is 0. The molecule has 0 aliphatic carbocycles. The molecule has 5 heteroatoms. The van der Waals surface area contributed by atoms with Gasteiger partial charge in [-0.05, 0) is 20.8 Å². The minimum Gasteiger partial charge on any atom is -0.382 e. The summed E-state index contributed by atoms with van der Waals surface area (Å²) < 4.78 is 10.1. The lowest BCUT2D eigenvalue weighted by Crippen LogP contribution is -2.41. The van der Waals surface area contributed by atoms with Crippen molar-refractivity contribution in [2.24, 2.45) is 0 Å². The maximum absolute atomic E-state index is 11.4. The molecule has 0 aromatic carbocycles. The Kier molecular flexibility index (Phi) is 9.03. The van der Waals surface area contributed by atoms with E-state index < -0.39 is 0 Å². The van der Waals surface area contributed by atoms with Gasteiger partial charge in [-0.3, -0.25) is 4.79 Å². The molecule has 0 saturated carbocycles. The molecule has 0 bridgehead atoms. The zero-order chi connectivity index (χ0) is 13.1. The summed E-state index contributed by atoms with van der Waals surface area (Å²) in [5.41, 5.74) is -0.152. The number of carbonyl (C=O) groups is 1. The van der Waals surface area contributed by atoms with Crippen LogP contribution in [0.3, 0.4) is 0 Å². The van der Waals surface area contributed by atoms with Crippen LogP contribution >= 0.6 is 0 Å². The second-order valence-electron chi connectivity index (χ2n) is 4.90. The molecule has 0 aliphatic heterocycles. The Bertz CT molecular complexity index is 202. The van der Waals surface area contributed by atoms with E-state index in [2.05, 4.69) is 10.6 Å². The van der Waals surface area contributed by atoms with Crippen LogP contribution in [0.1, 0.15) is 27.2 Å². The van der Waals surface area contributed by atoms with Crippen LogP contribution in [0.5, 0.6) is 0 Å². The van der Waals surface area contributed by atoms with Crippen molar-refractivity contribution in [2.45, 2.75) is 32.7 Å². The molecular formula is C12H26N2O3. The molecule has 17 heavy (non-hydrogen) atoms. The Hall–Kier alpha value is -0.650. The maximum atomic E-state index is 11.4. The van der Waals surface area contributed by atoms with E-state index in [4.69, 9.17) is 9.47 Å². The van der Waals surface area contributed by atoms with E-state index in [1.165, 1.54) is 0 Å². The highest BCUT2D eigenvalue weighted by Gasteiger charge is 2.12. The van der Waals surface area contributed by atoms with Crippen LogP contribution in [0.2, 0.25) is 0 Å². The molecule has 0 rings (SSSR count). The fourth-order valence-electron chi connectivity index (χ4n) is 1.20. The molecular weight excluding hydrogens is 220 g/mol. The van der Waals surface area contributed by atoms with E-state index in [9.17, 15) is 4.79 Å². The molecule has 0 unspecified atom stereocenters. The Balaban J connectivity index is 3.25. The van der Waals surface area contributed by atoms with Crippen LogP contribution in [0.15, 0.2) is 0 Å². The third-order valence-corrected chi connectivity index (χ3v) is 1.90. The van der Waals surface area contributed by atoms with Crippen molar-refractivity contribution in [3.05, 3.63) is 0 Å². The number of ether oxygens (including phenoxy) is 2. The zero-order valence-electron chi connectivity index (χ0n) is 11.5. The van der Waals surface area contributed by atoms with Gasteiger partial charge in [0.2, 0.25) is 5.91 Å². The first-order chi connectivity index (χ1) is 7.95. The van der Waals surface area contributed by atoms with Crippen LogP contribution in [0.25, 0.3) is 0 Å². The van der Waals surface area contributed by atoms with Gasteiger partial charge in [-0.15, -0.1) is 0 Å². The summed E-state index contributed by atoms with van der Waals surface area (Å²) in [4.78, 5) is 11.4. The van der Waals surface area contributed by atoms with Gasteiger partial charge in [0.05, 0.1) is 19.8 Å². The number of carbonyl (C=O) groups excluding carboxylic acids is 1. The van der Waals surface area contributed by atoms with E-state index in [1.54, 1.807) is 7.11 Å². The fourth-order valence-corrected chi connectivity index (χ4v) is 1.20. The summed E-state index contributed by atoms with van der Waals surface area (Å²) in [6.07, 6.45) is 0.495. The van der Waals surface area contributed by atoms with E-state index in [-0.39, 0.29) is 11.4 Å². The third kappa shape index (κ3) is 13.3. The van der Waals surface area contributed by atoms with Gasteiger partial charge in [-0.1, -0.05) is 0 Å². The van der Waals surface area contributed by atoms with Gasteiger partial charge in [0.25, 0.3) is 0 Å². The van der Waals surface area contributed by atoms with Crippen molar-refractivity contribution in [3.8, 4) is 0 Å². The van der Waals surface area contributed by atoms with Gasteiger partial charge < -0.3 is 20.1 Å². The minimum absolute atomic E-state index is 0.0744. The SMILES string of the molecule is COCCOCCNCCC(=O)NC(C)(C)C. The number of hydrogen-bond donors (Lipinski definition) is 2. The van der Waals surface area contributed by atoms with Crippen molar-refractivity contribution in [1.29, 1.82) is 0 Å². The standard InChI is InChI=1S/C12H26N2O3/c1-12(2,3)14-11(15)5-6-13-7-8-17-10-9-16-4/h13H,5-10H2,1-4H3,(H,14,15). The highest BCUT2D eigenvalue weighted by atomic mass is 16.5. The summed E-state index contributed by atoms with van der Waals surface area (Å²) in [5.74, 6) is 0.0744. The van der Waals surface area contributed by atoms with Gasteiger partial charge in [0.15, 0.2) is 0 Å². The molecule has 0 fully saturated rings. The quantitative estimate of drug-likeness (QED) is 0.583. The van der Waals surface area contributed by atoms with Gasteiger partial charge in [-0.25, -0.2) is 0 Å². The minimum atomic E-state index is -0.152. The van der Waals surface area contributed by atoms with Crippen LogP contribution in [0.4, 0.5) is 0 Å². The summed E-state index contributed by atoms with van der Waals surface area (Å²) in [6.45, 7) is 9.23. The highest BCUT2D eigenvalue weighted by Crippen LogP contribution is 1.98. The van der Waals surface area contributed by atoms with E-state index in [0.29, 0.717) is 32.8 Å².